The number of ether oxygens (including phenoxy) is 1. The van der Waals surface area contributed by atoms with Crippen LogP contribution in [-0.4, -0.2) is 48.1 Å². The van der Waals surface area contributed by atoms with Gasteiger partial charge in [-0.15, -0.1) is 0 Å². The monoisotopic (exact) mass is 325 g/mol. The molecule has 5 nitrogen and oxygen atoms in total. The molecule has 2 fully saturated rings. The Morgan fingerprint density at radius 1 is 1.29 bits per heavy atom. The Kier molecular flexibility index (Phi) is 4.21. The highest BCUT2D eigenvalue weighted by Gasteiger charge is 2.42. The molecule has 0 radical (unpaired) electrons. The summed E-state index contributed by atoms with van der Waals surface area (Å²) in [7, 11) is 1.68. The Bertz CT molecular complexity index is 734. The van der Waals surface area contributed by atoms with Crippen molar-refractivity contribution < 1.29 is 9.53 Å². The minimum Gasteiger partial charge on any atom is -0.373 e. The second-order valence-electron chi connectivity index (χ2n) is 6.86. The lowest BCUT2D eigenvalue weighted by atomic mass is 10.0. The van der Waals surface area contributed by atoms with Crippen LogP contribution >= 0.6 is 0 Å². The van der Waals surface area contributed by atoms with Crippen LogP contribution in [0.1, 0.15) is 18.5 Å². The average molecular weight is 325 g/mol. The van der Waals surface area contributed by atoms with Gasteiger partial charge in [0.2, 0.25) is 5.91 Å². The topological polar surface area (TPSA) is 54.5 Å². The number of likely N-dealkylation sites (tertiary alicyclic amines) is 1. The first-order valence-electron chi connectivity index (χ1n) is 8.64. The highest BCUT2D eigenvalue weighted by molar-refractivity contribution is 5.78. The van der Waals surface area contributed by atoms with E-state index in [4.69, 9.17) is 9.72 Å². The number of nitrogens with zero attached hydrogens (tertiary/aromatic N) is 2. The molecule has 2 saturated heterocycles. The number of nitrogens with one attached hydrogen (secondary N) is 1. The number of pyridine rings is 1. The molecule has 1 amide bonds. The van der Waals surface area contributed by atoms with Crippen molar-refractivity contribution in [3.05, 3.63) is 42.1 Å². The lowest BCUT2D eigenvalue weighted by Crippen LogP contribution is -2.28. The van der Waals surface area contributed by atoms with Crippen molar-refractivity contribution in [3.8, 4) is 0 Å². The first kappa shape index (κ1) is 15.5. The maximum atomic E-state index is 11.5. The van der Waals surface area contributed by atoms with Gasteiger partial charge < -0.3 is 10.1 Å². The van der Waals surface area contributed by atoms with Crippen molar-refractivity contribution in [3.63, 3.8) is 0 Å². The number of benzene rings is 1. The summed E-state index contributed by atoms with van der Waals surface area (Å²) in [6.45, 7) is 2.83. The number of aromatic nitrogens is 1. The lowest BCUT2D eigenvalue weighted by molar-refractivity contribution is -0.123. The molecule has 126 valence electrons. The number of carbonyl (C=O) groups is 1. The molecule has 3 atom stereocenters. The van der Waals surface area contributed by atoms with Gasteiger partial charge in [0.15, 0.2) is 0 Å². The molecule has 0 aliphatic carbocycles. The largest absolute Gasteiger partial charge is 0.373 e. The number of para-hydroxylation sites is 1. The third-order valence-electron chi connectivity index (χ3n) is 5.12. The van der Waals surface area contributed by atoms with Crippen molar-refractivity contribution in [2.45, 2.75) is 31.6 Å². The van der Waals surface area contributed by atoms with Crippen LogP contribution in [0.4, 0.5) is 0 Å². The summed E-state index contributed by atoms with van der Waals surface area (Å²) < 4.78 is 6.07. The van der Waals surface area contributed by atoms with E-state index in [-0.39, 0.29) is 18.1 Å². The fraction of sp³-hybridized carbons (Fsp3) is 0.474. The summed E-state index contributed by atoms with van der Waals surface area (Å²) in [5.41, 5.74) is 2.16. The summed E-state index contributed by atoms with van der Waals surface area (Å²) in [4.78, 5) is 18.7. The Balaban J connectivity index is 1.36. The smallest absolute Gasteiger partial charge is 0.222 e. The summed E-state index contributed by atoms with van der Waals surface area (Å²) in [5.74, 6) is 0.609. The third-order valence-corrected chi connectivity index (χ3v) is 5.12. The van der Waals surface area contributed by atoms with Gasteiger partial charge in [0, 0.05) is 38.0 Å². The minimum atomic E-state index is 0.0668. The summed E-state index contributed by atoms with van der Waals surface area (Å²) in [6, 6.07) is 12.5. The average Bonchev–Trinajstić information content (AvgIpc) is 3.12. The van der Waals surface area contributed by atoms with Crippen LogP contribution in [0, 0.1) is 5.92 Å². The second kappa shape index (κ2) is 6.49. The zero-order valence-electron chi connectivity index (χ0n) is 13.9. The number of rotatable bonds is 4. The SMILES string of the molecule is CNC(=O)C[C@@H]1C[C@H]2CN(Cc3ccc4ccccc4n3)C[C@H]2O1. The number of carbonyl (C=O) groups excluding carboxylic acids is 1. The van der Waals surface area contributed by atoms with Gasteiger partial charge in [-0.2, -0.15) is 0 Å². The maximum absolute atomic E-state index is 11.5. The van der Waals surface area contributed by atoms with Gasteiger partial charge in [-0.1, -0.05) is 24.3 Å². The highest BCUT2D eigenvalue weighted by atomic mass is 16.5. The van der Waals surface area contributed by atoms with Crippen molar-refractivity contribution in [1.82, 2.24) is 15.2 Å². The summed E-state index contributed by atoms with van der Waals surface area (Å²) >= 11 is 0. The molecular weight excluding hydrogens is 302 g/mol. The molecule has 0 saturated carbocycles. The molecule has 5 heteroatoms. The molecule has 1 aromatic heterocycles. The van der Waals surface area contributed by atoms with Gasteiger partial charge in [-0.3, -0.25) is 14.7 Å². The normalized spacial score (nSPS) is 26.6. The molecule has 2 aliphatic heterocycles. The van der Waals surface area contributed by atoms with E-state index in [0.29, 0.717) is 12.3 Å². The molecule has 2 aliphatic rings. The predicted octanol–water partition coefficient (Wildman–Crippen LogP) is 1.96. The molecule has 2 aromatic rings. The Morgan fingerprint density at radius 3 is 3.00 bits per heavy atom. The quantitative estimate of drug-likeness (QED) is 0.934. The highest BCUT2D eigenvalue weighted by Crippen LogP contribution is 2.34. The molecule has 0 unspecified atom stereocenters. The van der Waals surface area contributed by atoms with Crippen molar-refractivity contribution >= 4 is 16.8 Å². The second-order valence-corrected chi connectivity index (χ2v) is 6.86. The summed E-state index contributed by atoms with van der Waals surface area (Å²) in [6.07, 6.45) is 1.82. The van der Waals surface area contributed by atoms with Crippen molar-refractivity contribution in [1.29, 1.82) is 0 Å². The van der Waals surface area contributed by atoms with Crippen LogP contribution in [-0.2, 0) is 16.1 Å². The Morgan fingerprint density at radius 2 is 2.17 bits per heavy atom. The third kappa shape index (κ3) is 3.14. The predicted molar refractivity (Wildman–Crippen MR) is 92.5 cm³/mol. The Labute approximate surface area is 142 Å². The standard InChI is InChI=1S/C19H23N3O2/c1-20-19(23)9-16-8-14-10-22(12-18(14)24-16)11-15-7-6-13-4-2-3-5-17(13)21-15/h2-7,14,16,18H,8-12H2,1H3,(H,20,23)/t14-,16-,18+/m0/s1. The van der Waals surface area contributed by atoms with Crippen LogP contribution in [0.15, 0.2) is 36.4 Å². The Hall–Kier alpha value is -1.98. The zero-order valence-corrected chi connectivity index (χ0v) is 13.9. The van der Waals surface area contributed by atoms with Crippen LogP contribution in [0.5, 0.6) is 0 Å². The lowest BCUT2D eigenvalue weighted by Gasteiger charge is -2.18. The van der Waals surface area contributed by atoms with Crippen LogP contribution in [0.25, 0.3) is 10.9 Å². The fourth-order valence-electron chi connectivity index (χ4n) is 3.94. The van der Waals surface area contributed by atoms with Gasteiger partial charge in [0.1, 0.15) is 0 Å². The van der Waals surface area contributed by atoms with E-state index in [1.807, 2.05) is 12.1 Å². The maximum Gasteiger partial charge on any atom is 0.222 e. The first-order valence-corrected chi connectivity index (χ1v) is 8.64. The van der Waals surface area contributed by atoms with Gasteiger partial charge in [-0.25, -0.2) is 0 Å². The van der Waals surface area contributed by atoms with Gasteiger partial charge in [0.05, 0.1) is 29.8 Å². The van der Waals surface area contributed by atoms with Crippen LogP contribution in [0.3, 0.4) is 0 Å². The van der Waals surface area contributed by atoms with E-state index in [0.717, 1.165) is 37.3 Å². The first-order chi connectivity index (χ1) is 11.7. The fourth-order valence-corrected chi connectivity index (χ4v) is 3.94. The molecule has 0 spiro atoms. The van der Waals surface area contributed by atoms with E-state index in [1.54, 1.807) is 7.05 Å². The van der Waals surface area contributed by atoms with E-state index < -0.39 is 0 Å². The molecule has 4 rings (SSSR count). The van der Waals surface area contributed by atoms with Crippen LogP contribution in [0.2, 0.25) is 0 Å². The van der Waals surface area contributed by atoms with E-state index in [1.165, 1.54) is 5.39 Å². The number of hydrogen-bond donors (Lipinski definition) is 1. The molecular formula is C19H23N3O2. The van der Waals surface area contributed by atoms with Gasteiger partial charge in [-0.05, 0) is 18.6 Å². The van der Waals surface area contributed by atoms with E-state index >= 15 is 0 Å². The number of hydrogen-bond acceptors (Lipinski definition) is 4. The minimum absolute atomic E-state index is 0.0668. The van der Waals surface area contributed by atoms with E-state index in [9.17, 15) is 4.79 Å². The molecule has 1 aromatic carbocycles. The molecule has 1 N–H and O–H groups in total. The van der Waals surface area contributed by atoms with Crippen molar-refractivity contribution in [2.24, 2.45) is 5.92 Å². The van der Waals surface area contributed by atoms with Crippen LogP contribution < -0.4 is 5.32 Å². The molecule has 3 heterocycles. The molecule has 24 heavy (non-hydrogen) atoms. The van der Waals surface area contributed by atoms with Crippen molar-refractivity contribution in [2.75, 3.05) is 20.1 Å². The zero-order chi connectivity index (χ0) is 16.5. The van der Waals surface area contributed by atoms with E-state index in [2.05, 4.69) is 34.5 Å². The summed E-state index contributed by atoms with van der Waals surface area (Å²) in [5, 5.41) is 3.86. The van der Waals surface area contributed by atoms with Gasteiger partial charge >= 0.3 is 0 Å². The van der Waals surface area contributed by atoms with Gasteiger partial charge in [0.25, 0.3) is 0 Å². The number of amides is 1. The molecule has 0 bridgehead atoms. The number of fused-ring (bicyclic) bond motifs is 2.